The van der Waals surface area contributed by atoms with Crippen LogP contribution in [0.3, 0.4) is 0 Å². The maximum atomic E-state index is 14.0. The van der Waals surface area contributed by atoms with Crippen molar-refractivity contribution in [1.82, 2.24) is 0 Å². The molecule has 0 spiro atoms. The van der Waals surface area contributed by atoms with Crippen molar-refractivity contribution in [1.29, 1.82) is 0 Å². The molecule has 0 unspecified atom stereocenters. The Morgan fingerprint density at radius 2 is 1.69 bits per heavy atom. The number of para-hydroxylation sites is 1. The van der Waals surface area contributed by atoms with Crippen LogP contribution in [-0.4, -0.2) is 34.8 Å². The molecule has 3 aromatic rings. The van der Waals surface area contributed by atoms with Gasteiger partial charge in [-0.25, -0.2) is 12.8 Å². The van der Waals surface area contributed by atoms with Gasteiger partial charge in [0, 0.05) is 16.6 Å². The first-order valence-electron chi connectivity index (χ1n) is 9.28. The Morgan fingerprint density at radius 3 is 2.28 bits per heavy atom. The van der Waals surface area contributed by atoms with E-state index in [1.807, 2.05) is 18.4 Å². The topological polar surface area (TPSA) is 93.7 Å². The van der Waals surface area contributed by atoms with Crippen LogP contribution in [0.2, 0.25) is 0 Å². The maximum absolute atomic E-state index is 14.0. The molecule has 32 heavy (non-hydrogen) atoms. The predicted molar refractivity (Wildman–Crippen MR) is 123 cm³/mol. The van der Waals surface area contributed by atoms with Gasteiger partial charge in [0.15, 0.2) is 11.5 Å². The first-order valence-corrected chi connectivity index (χ1v) is 12.0. The molecule has 7 nitrogen and oxygen atoms in total. The monoisotopic (exact) mass is 476 g/mol. The average molecular weight is 477 g/mol. The van der Waals surface area contributed by atoms with E-state index in [2.05, 4.69) is 10.0 Å². The number of hydrogen-bond acceptors (Lipinski definition) is 6. The van der Waals surface area contributed by atoms with Crippen LogP contribution in [0.1, 0.15) is 10.4 Å². The van der Waals surface area contributed by atoms with Crippen LogP contribution < -0.4 is 19.5 Å². The summed E-state index contributed by atoms with van der Waals surface area (Å²) in [5.74, 6) is -1.23. The van der Waals surface area contributed by atoms with Crippen molar-refractivity contribution in [2.75, 3.05) is 30.5 Å². The smallest absolute Gasteiger partial charge is 0.262 e. The first kappa shape index (κ1) is 23.4. The third kappa shape index (κ3) is 5.14. The molecule has 3 rings (SSSR count). The molecule has 0 aliphatic carbocycles. The zero-order valence-electron chi connectivity index (χ0n) is 17.5. The molecule has 2 N–H and O–H groups in total. The number of methoxy groups -OCH3 is 2. The second-order valence-corrected chi connectivity index (χ2v) is 9.04. The van der Waals surface area contributed by atoms with Crippen molar-refractivity contribution in [2.24, 2.45) is 0 Å². The standard InChI is InChI=1S/C22H21FN2O5S2/c1-29-20-13-16(32(27,28)25-19-7-5-4-6-18(19)23)12-17(21(20)30-2)22(26)24-14-8-10-15(31-3)11-9-14/h4-13,25H,1-3H3,(H,24,26). The van der Waals surface area contributed by atoms with E-state index in [0.29, 0.717) is 5.69 Å². The number of hydrogen-bond donors (Lipinski definition) is 2. The van der Waals surface area contributed by atoms with Gasteiger partial charge >= 0.3 is 0 Å². The third-order valence-electron chi connectivity index (χ3n) is 4.47. The minimum atomic E-state index is -4.24. The summed E-state index contributed by atoms with van der Waals surface area (Å²) in [6.45, 7) is 0. The average Bonchev–Trinajstić information content (AvgIpc) is 2.79. The first-order chi connectivity index (χ1) is 15.3. The number of benzene rings is 3. The zero-order chi connectivity index (χ0) is 23.3. The largest absolute Gasteiger partial charge is 0.493 e. The van der Waals surface area contributed by atoms with Crippen LogP contribution in [0.25, 0.3) is 0 Å². The summed E-state index contributed by atoms with van der Waals surface area (Å²) in [5, 5.41) is 2.71. The SMILES string of the molecule is COc1cc(S(=O)(=O)Nc2ccccc2F)cc(C(=O)Nc2ccc(SC)cc2)c1OC. The molecule has 0 aliphatic heterocycles. The highest BCUT2D eigenvalue weighted by Crippen LogP contribution is 2.35. The Bertz CT molecular complexity index is 1230. The van der Waals surface area contributed by atoms with Crippen LogP contribution in [0.5, 0.6) is 11.5 Å². The lowest BCUT2D eigenvalue weighted by atomic mass is 10.1. The molecular formula is C22H21FN2O5S2. The molecule has 0 aromatic heterocycles. The maximum Gasteiger partial charge on any atom is 0.262 e. The van der Waals surface area contributed by atoms with E-state index in [4.69, 9.17) is 9.47 Å². The van der Waals surface area contributed by atoms with E-state index in [1.165, 1.54) is 38.5 Å². The summed E-state index contributed by atoms with van der Waals surface area (Å²) in [6.07, 6.45) is 1.94. The number of ether oxygens (including phenoxy) is 2. The van der Waals surface area contributed by atoms with Crippen molar-refractivity contribution in [2.45, 2.75) is 9.79 Å². The second-order valence-electron chi connectivity index (χ2n) is 6.47. The molecule has 0 atom stereocenters. The lowest BCUT2D eigenvalue weighted by Gasteiger charge is -2.16. The van der Waals surface area contributed by atoms with Crippen LogP contribution >= 0.6 is 11.8 Å². The number of amides is 1. The van der Waals surface area contributed by atoms with Gasteiger partial charge < -0.3 is 14.8 Å². The highest BCUT2D eigenvalue weighted by Gasteiger charge is 2.25. The van der Waals surface area contributed by atoms with E-state index in [-0.39, 0.29) is 27.6 Å². The zero-order valence-corrected chi connectivity index (χ0v) is 19.1. The Morgan fingerprint density at radius 1 is 1.00 bits per heavy atom. The molecule has 0 saturated carbocycles. The number of carbonyl (C=O) groups excluding carboxylic acids is 1. The molecule has 3 aromatic carbocycles. The van der Waals surface area contributed by atoms with Crippen molar-refractivity contribution < 1.29 is 27.1 Å². The lowest BCUT2D eigenvalue weighted by Crippen LogP contribution is -2.18. The molecule has 0 bridgehead atoms. The van der Waals surface area contributed by atoms with Crippen LogP contribution in [0.4, 0.5) is 15.8 Å². The number of thioether (sulfide) groups is 1. The van der Waals surface area contributed by atoms with Crippen LogP contribution in [0, 0.1) is 5.82 Å². The van der Waals surface area contributed by atoms with Gasteiger partial charge in [-0.1, -0.05) is 12.1 Å². The number of carbonyl (C=O) groups is 1. The van der Waals surface area contributed by atoms with Gasteiger partial charge in [-0.3, -0.25) is 9.52 Å². The fourth-order valence-electron chi connectivity index (χ4n) is 2.88. The van der Waals surface area contributed by atoms with Gasteiger partial charge in [0.05, 0.1) is 30.4 Å². The quantitative estimate of drug-likeness (QED) is 0.461. The number of anilines is 2. The van der Waals surface area contributed by atoms with Gasteiger partial charge in [-0.05, 0) is 48.7 Å². The molecular weight excluding hydrogens is 455 g/mol. The fraction of sp³-hybridized carbons (Fsp3) is 0.136. The number of rotatable bonds is 8. The Hall–Kier alpha value is -3.24. The molecule has 10 heteroatoms. The summed E-state index contributed by atoms with van der Waals surface area (Å²) in [6, 6.07) is 14.9. The predicted octanol–water partition coefficient (Wildman–Crippen LogP) is 4.62. The van der Waals surface area contributed by atoms with Gasteiger partial charge in [0.1, 0.15) is 5.82 Å². The normalized spacial score (nSPS) is 11.0. The van der Waals surface area contributed by atoms with E-state index in [9.17, 15) is 17.6 Å². The van der Waals surface area contributed by atoms with Crippen molar-refractivity contribution >= 4 is 39.1 Å². The van der Waals surface area contributed by atoms with Gasteiger partial charge in [-0.15, -0.1) is 11.8 Å². The Labute approximate surface area is 190 Å². The fourth-order valence-corrected chi connectivity index (χ4v) is 4.40. The molecule has 0 aliphatic rings. The van der Waals surface area contributed by atoms with Crippen molar-refractivity contribution in [3.63, 3.8) is 0 Å². The molecule has 0 heterocycles. The van der Waals surface area contributed by atoms with E-state index < -0.39 is 21.7 Å². The summed E-state index contributed by atoms with van der Waals surface area (Å²) in [7, 11) is -1.58. The van der Waals surface area contributed by atoms with E-state index in [0.717, 1.165) is 17.0 Å². The van der Waals surface area contributed by atoms with Gasteiger partial charge in [0.25, 0.3) is 15.9 Å². The van der Waals surface area contributed by atoms with Crippen LogP contribution in [0.15, 0.2) is 70.5 Å². The second kappa shape index (κ2) is 9.92. The highest BCUT2D eigenvalue weighted by atomic mass is 32.2. The van der Waals surface area contributed by atoms with Crippen molar-refractivity contribution in [3.8, 4) is 11.5 Å². The van der Waals surface area contributed by atoms with Crippen molar-refractivity contribution in [3.05, 3.63) is 72.0 Å². The summed E-state index contributed by atoms with van der Waals surface area (Å²) in [4.78, 5) is 13.7. The molecule has 0 fully saturated rings. The van der Waals surface area contributed by atoms with E-state index in [1.54, 1.807) is 23.9 Å². The molecule has 0 radical (unpaired) electrons. The molecule has 0 saturated heterocycles. The van der Waals surface area contributed by atoms with E-state index >= 15 is 0 Å². The van der Waals surface area contributed by atoms with Crippen LogP contribution in [-0.2, 0) is 10.0 Å². The Balaban J connectivity index is 2.01. The summed E-state index contributed by atoms with van der Waals surface area (Å²) >= 11 is 1.56. The highest BCUT2D eigenvalue weighted by molar-refractivity contribution is 7.98. The molecule has 1 amide bonds. The summed E-state index contributed by atoms with van der Waals surface area (Å²) in [5.41, 5.74) is 0.239. The minimum absolute atomic E-state index is 0.0341. The molecule has 168 valence electrons. The minimum Gasteiger partial charge on any atom is -0.493 e. The van der Waals surface area contributed by atoms with Gasteiger partial charge in [0.2, 0.25) is 0 Å². The number of nitrogens with one attached hydrogen (secondary N) is 2. The van der Waals surface area contributed by atoms with Gasteiger partial charge in [-0.2, -0.15) is 0 Å². The Kier molecular flexibility index (Phi) is 7.26. The summed E-state index contributed by atoms with van der Waals surface area (Å²) < 4.78 is 52.5. The number of sulfonamides is 1. The lowest BCUT2D eigenvalue weighted by molar-refractivity contribution is 0.102. The number of halogens is 1. The third-order valence-corrected chi connectivity index (χ3v) is 6.56.